The third kappa shape index (κ3) is 4.21. The van der Waals surface area contributed by atoms with Gasteiger partial charge in [0.25, 0.3) is 5.56 Å². The number of fused-ring (bicyclic) bond motifs is 1. The highest BCUT2D eigenvalue weighted by molar-refractivity contribution is 7.98. The van der Waals surface area contributed by atoms with Gasteiger partial charge in [-0.1, -0.05) is 54.2 Å². The summed E-state index contributed by atoms with van der Waals surface area (Å²) in [5.74, 6) is 1.09. The lowest BCUT2D eigenvalue weighted by atomic mass is 10.2. The number of benzene rings is 2. The number of H-pyrrole nitrogens is 1. The van der Waals surface area contributed by atoms with E-state index in [0.29, 0.717) is 40.1 Å². The van der Waals surface area contributed by atoms with E-state index in [0.717, 1.165) is 20.8 Å². The molecule has 2 aromatic carbocycles. The molecule has 5 aromatic rings. The van der Waals surface area contributed by atoms with Crippen molar-refractivity contribution in [1.29, 1.82) is 0 Å². The van der Waals surface area contributed by atoms with Crippen molar-refractivity contribution in [3.63, 3.8) is 0 Å². The molecule has 0 fully saturated rings. The zero-order valence-corrected chi connectivity index (χ0v) is 19.6. The van der Waals surface area contributed by atoms with Crippen LogP contribution in [-0.4, -0.2) is 24.7 Å². The maximum absolute atomic E-state index is 14.5. The maximum Gasteiger partial charge on any atom is 0.259 e. The van der Waals surface area contributed by atoms with Gasteiger partial charge in [0.2, 0.25) is 0 Å². The van der Waals surface area contributed by atoms with Crippen molar-refractivity contribution in [3.8, 4) is 11.4 Å². The van der Waals surface area contributed by atoms with Crippen LogP contribution in [0.15, 0.2) is 64.5 Å². The van der Waals surface area contributed by atoms with Gasteiger partial charge in [-0.15, -0.1) is 21.5 Å². The molecular formula is C24H20FN5OS2. The zero-order valence-electron chi connectivity index (χ0n) is 18.0. The van der Waals surface area contributed by atoms with Crippen LogP contribution in [-0.2, 0) is 12.3 Å². The molecule has 0 spiro atoms. The van der Waals surface area contributed by atoms with Crippen LogP contribution in [0, 0.1) is 19.7 Å². The van der Waals surface area contributed by atoms with Crippen molar-refractivity contribution in [2.24, 2.45) is 0 Å². The molecule has 3 heterocycles. The highest BCUT2D eigenvalue weighted by atomic mass is 32.2. The summed E-state index contributed by atoms with van der Waals surface area (Å²) < 4.78 is 16.4. The molecule has 5 rings (SSSR count). The smallest absolute Gasteiger partial charge is 0.259 e. The summed E-state index contributed by atoms with van der Waals surface area (Å²) in [4.78, 5) is 22.0. The average Bonchev–Trinajstić information content (AvgIpc) is 3.33. The average molecular weight is 478 g/mol. The van der Waals surface area contributed by atoms with Gasteiger partial charge in [-0.25, -0.2) is 9.37 Å². The minimum Gasteiger partial charge on any atom is -0.309 e. The number of aromatic nitrogens is 5. The van der Waals surface area contributed by atoms with Crippen LogP contribution in [0.5, 0.6) is 0 Å². The summed E-state index contributed by atoms with van der Waals surface area (Å²) >= 11 is 2.93. The molecule has 0 aliphatic carbocycles. The third-order valence-electron chi connectivity index (χ3n) is 5.44. The zero-order chi connectivity index (χ0) is 22.9. The van der Waals surface area contributed by atoms with E-state index in [9.17, 15) is 9.18 Å². The molecule has 0 saturated carbocycles. The van der Waals surface area contributed by atoms with E-state index in [2.05, 4.69) is 20.2 Å². The molecule has 0 aliphatic heterocycles. The van der Waals surface area contributed by atoms with E-state index in [1.807, 2.05) is 48.7 Å². The molecule has 33 heavy (non-hydrogen) atoms. The molecule has 0 saturated heterocycles. The second-order valence-electron chi connectivity index (χ2n) is 7.62. The highest BCUT2D eigenvalue weighted by Crippen LogP contribution is 2.29. The van der Waals surface area contributed by atoms with Gasteiger partial charge in [0.15, 0.2) is 11.0 Å². The van der Waals surface area contributed by atoms with Gasteiger partial charge >= 0.3 is 0 Å². The molecule has 0 atom stereocenters. The summed E-state index contributed by atoms with van der Waals surface area (Å²) in [5, 5.41) is 9.92. The van der Waals surface area contributed by atoms with Crippen molar-refractivity contribution in [2.75, 3.05) is 0 Å². The minimum atomic E-state index is -0.351. The predicted molar refractivity (Wildman–Crippen MR) is 130 cm³/mol. The van der Waals surface area contributed by atoms with E-state index in [1.54, 1.807) is 18.2 Å². The van der Waals surface area contributed by atoms with Gasteiger partial charge in [0, 0.05) is 4.88 Å². The molecule has 0 radical (unpaired) electrons. The van der Waals surface area contributed by atoms with Crippen LogP contribution in [0.2, 0.25) is 0 Å². The number of nitrogens with zero attached hydrogens (tertiary/aromatic N) is 4. The number of hydrogen-bond acceptors (Lipinski definition) is 6. The fourth-order valence-electron chi connectivity index (χ4n) is 3.65. The molecule has 0 unspecified atom stereocenters. The molecule has 6 nitrogen and oxygen atoms in total. The van der Waals surface area contributed by atoms with Crippen molar-refractivity contribution in [3.05, 3.63) is 92.6 Å². The highest BCUT2D eigenvalue weighted by Gasteiger charge is 2.18. The Morgan fingerprint density at radius 3 is 2.61 bits per heavy atom. The number of aryl methyl sites for hydroxylation is 2. The molecular weight excluding hydrogens is 457 g/mol. The molecule has 3 aromatic heterocycles. The van der Waals surface area contributed by atoms with Crippen molar-refractivity contribution < 1.29 is 4.39 Å². The van der Waals surface area contributed by atoms with Crippen LogP contribution < -0.4 is 5.56 Å². The largest absolute Gasteiger partial charge is 0.309 e. The first kappa shape index (κ1) is 21.5. The van der Waals surface area contributed by atoms with Crippen LogP contribution >= 0.6 is 23.1 Å². The Morgan fingerprint density at radius 2 is 1.82 bits per heavy atom. The van der Waals surface area contributed by atoms with E-state index < -0.39 is 0 Å². The van der Waals surface area contributed by atoms with Gasteiger partial charge in [-0.2, -0.15) is 0 Å². The van der Waals surface area contributed by atoms with E-state index in [4.69, 9.17) is 0 Å². The standard InChI is InChI=1S/C24H20FN5OS2/c1-14-15(2)33-23-20(14)22(31)26-19(27-23)13-32-24-29-28-21(17-10-6-7-11-18(17)25)30(24)12-16-8-4-3-5-9-16/h3-11H,12-13H2,1-2H3,(H,26,27,31). The van der Waals surface area contributed by atoms with Crippen molar-refractivity contribution in [1.82, 2.24) is 24.7 Å². The fourth-order valence-corrected chi connectivity index (χ4v) is 5.50. The maximum atomic E-state index is 14.5. The number of rotatable bonds is 6. The molecule has 9 heteroatoms. The first-order valence-electron chi connectivity index (χ1n) is 10.3. The number of hydrogen-bond donors (Lipinski definition) is 1. The predicted octanol–water partition coefficient (Wildman–Crippen LogP) is 5.34. The minimum absolute atomic E-state index is 0.129. The van der Waals surface area contributed by atoms with Crippen LogP contribution in [0.3, 0.4) is 0 Å². The lowest BCUT2D eigenvalue weighted by Gasteiger charge is -2.11. The second-order valence-corrected chi connectivity index (χ2v) is 9.77. The monoisotopic (exact) mass is 477 g/mol. The summed E-state index contributed by atoms with van der Waals surface area (Å²) in [6.07, 6.45) is 0. The Morgan fingerprint density at radius 1 is 1.06 bits per heavy atom. The SMILES string of the molecule is Cc1sc2nc(CSc3nnc(-c4ccccc4F)n3Cc3ccccc3)[nH]c(=O)c2c1C. The topological polar surface area (TPSA) is 76.5 Å². The molecule has 0 aliphatic rings. The summed E-state index contributed by atoms with van der Waals surface area (Å²) in [5.41, 5.74) is 2.29. The quantitative estimate of drug-likeness (QED) is 0.334. The van der Waals surface area contributed by atoms with Crippen LogP contribution in [0.4, 0.5) is 4.39 Å². The Labute approximate surface area is 197 Å². The summed E-state index contributed by atoms with van der Waals surface area (Å²) in [6, 6.07) is 16.4. The van der Waals surface area contributed by atoms with E-state index >= 15 is 0 Å². The molecule has 1 N–H and O–H groups in total. The van der Waals surface area contributed by atoms with Gasteiger partial charge in [0.1, 0.15) is 16.5 Å². The molecule has 0 amide bonds. The molecule has 166 valence electrons. The first-order chi connectivity index (χ1) is 16.0. The van der Waals surface area contributed by atoms with Gasteiger partial charge in [-0.3, -0.25) is 9.36 Å². The van der Waals surface area contributed by atoms with Crippen LogP contribution in [0.25, 0.3) is 21.6 Å². The van der Waals surface area contributed by atoms with E-state index in [1.165, 1.54) is 29.2 Å². The Kier molecular flexibility index (Phi) is 5.82. The first-order valence-corrected chi connectivity index (χ1v) is 12.1. The van der Waals surface area contributed by atoms with Crippen molar-refractivity contribution in [2.45, 2.75) is 31.3 Å². The Bertz CT molecular complexity index is 1510. The van der Waals surface area contributed by atoms with Gasteiger partial charge < -0.3 is 4.98 Å². The Balaban J connectivity index is 1.50. The lowest BCUT2D eigenvalue weighted by Crippen LogP contribution is -2.11. The molecule has 0 bridgehead atoms. The number of aromatic amines is 1. The fraction of sp³-hybridized carbons (Fsp3) is 0.167. The van der Waals surface area contributed by atoms with Crippen molar-refractivity contribution >= 4 is 33.3 Å². The second kappa shape index (κ2) is 8.92. The van der Waals surface area contributed by atoms with Gasteiger partial charge in [0.05, 0.1) is 23.2 Å². The summed E-state index contributed by atoms with van der Waals surface area (Å²) in [6.45, 7) is 4.42. The number of nitrogens with one attached hydrogen (secondary N) is 1. The number of thiophene rings is 1. The normalized spacial score (nSPS) is 11.4. The third-order valence-corrected chi connectivity index (χ3v) is 7.52. The lowest BCUT2D eigenvalue weighted by molar-refractivity contribution is 0.626. The number of thioether (sulfide) groups is 1. The van der Waals surface area contributed by atoms with Gasteiger partial charge in [-0.05, 0) is 37.1 Å². The van der Waals surface area contributed by atoms with E-state index in [-0.39, 0.29) is 11.4 Å². The number of halogens is 1. The van der Waals surface area contributed by atoms with Crippen LogP contribution in [0.1, 0.15) is 21.8 Å². The summed E-state index contributed by atoms with van der Waals surface area (Å²) in [7, 11) is 0. The Hall–Kier alpha value is -3.30.